The second-order valence-electron chi connectivity index (χ2n) is 6.88. The van der Waals surface area contributed by atoms with Crippen LogP contribution in [0, 0.1) is 6.92 Å². The van der Waals surface area contributed by atoms with E-state index in [0.717, 1.165) is 12.0 Å². The van der Waals surface area contributed by atoms with Crippen molar-refractivity contribution in [2.24, 2.45) is 0 Å². The van der Waals surface area contributed by atoms with E-state index < -0.39 is 10.1 Å². The van der Waals surface area contributed by atoms with Gasteiger partial charge in [0.15, 0.2) is 0 Å². The van der Waals surface area contributed by atoms with Crippen LogP contribution in [0.5, 0.6) is 0 Å². The third kappa shape index (κ3) is 7.06. The van der Waals surface area contributed by atoms with E-state index in [1.165, 1.54) is 17.7 Å². The van der Waals surface area contributed by atoms with Crippen LogP contribution >= 0.6 is 0 Å². The molecule has 0 heterocycles. The summed E-state index contributed by atoms with van der Waals surface area (Å²) in [5, 5.41) is 0. The number of benzene rings is 2. The van der Waals surface area contributed by atoms with Crippen molar-refractivity contribution in [3.63, 3.8) is 0 Å². The topological polar surface area (TPSA) is 60.4 Å². The third-order valence-electron chi connectivity index (χ3n) is 4.64. The van der Waals surface area contributed by atoms with Crippen molar-refractivity contribution in [2.75, 3.05) is 6.61 Å². The van der Waals surface area contributed by atoms with Crippen molar-refractivity contribution in [3.05, 3.63) is 78.4 Å². The number of carbonyl (C=O) groups excluding carboxylic acids is 1. The zero-order valence-corrected chi connectivity index (χ0v) is 17.2. The van der Waals surface area contributed by atoms with Gasteiger partial charge in [0.1, 0.15) is 5.78 Å². The molecule has 2 rings (SSSR count). The second-order valence-corrected chi connectivity index (χ2v) is 8.49. The number of hydrogen-bond acceptors (Lipinski definition) is 4. The highest BCUT2D eigenvalue weighted by atomic mass is 32.2. The van der Waals surface area contributed by atoms with Gasteiger partial charge in [-0.05, 0) is 43.9 Å². The molecule has 0 spiro atoms. The van der Waals surface area contributed by atoms with Gasteiger partial charge in [-0.2, -0.15) is 8.42 Å². The molecule has 1 atom stereocenters. The Morgan fingerprint density at radius 3 is 2.36 bits per heavy atom. The van der Waals surface area contributed by atoms with Crippen molar-refractivity contribution >= 4 is 15.9 Å². The Morgan fingerprint density at radius 1 is 1.04 bits per heavy atom. The fraction of sp³-hybridized carbons (Fsp3) is 0.348. The molecule has 2 aromatic carbocycles. The van der Waals surface area contributed by atoms with E-state index >= 15 is 0 Å². The number of rotatable bonds is 12. The number of hydrogen-bond donors (Lipinski definition) is 0. The minimum absolute atomic E-state index is 0.0861. The van der Waals surface area contributed by atoms with E-state index in [9.17, 15) is 13.2 Å². The lowest BCUT2D eigenvalue weighted by atomic mass is 9.93. The van der Waals surface area contributed by atoms with Crippen molar-refractivity contribution in [2.45, 2.75) is 49.8 Å². The first-order valence-corrected chi connectivity index (χ1v) is 11.0. The molecule has 0 saturated heterocycles. The van der Waals surface area contributed by atoms with Crippen LogP contribution in [0.1, 0.15) is 49.1 Å². The summed E-state index contributed by atoms with van der Waals surface area (Å²) in [5.41, 5.74) is 2.16. The van der Waals surface area contributed by atoms with Crippen LogP contribution < -0.4 is 0 Å². The zero-order chi connectivity index (χ0) is 20.4. The molecule has 28 heavy (non-hydrogen) atoms. The molecule has 0 N–H and O–H groups in total. The molecule has 4 nitrogen and oxygen atoms in total. The lowest BCUT2D eigenvalue weighted by Gasteiger charge is -2.12. The highest BCUT2D eigenvalue weighted by Crippen LogP contribution is 2.22. The van der Waals surface area contributed by atoms with E-state index in [-0.39, 0.29) is 23.2 Å². The largest absolute Gasteiger partial charge is 0.300 e. The Morgan fingerprint density at radius 2 is 1.71 bits per heavy atom. The summed E-state index contributed by atoms with van der Waals surface area (Å²) < 4.78 is 29.2. The normalized spacial score (nSPS) is 12.5. The van der Waals surface area contributed by atoms with Gasteiger partial charge in [-0.3, -0.25) is 8.98 Å². The first-order chi connectivity index (χ1) is 13.4. The summed E-state index contributed by atoms with van der Waals surface area (Å²) in [6, 6.07) is 16.6. The predicted octanol–water partition coefficient (Wildman–Crippen LogP) is 5.19. The number of Topliss-reactive ketones (excluding diaryl/α,β-unsaturated/α-hetero) is 1. The molecule has 0 fully saturated rings. The Hall–Kier alpha value is -2.24. The molecular weight excluding hydrogens is 372 g/mol. The lowest BCUT2D eigenvalue weighted by molar-refractivity contribution is -0.119. The third-order valence-corrected chi connectivity index (χ3v) is 5.97. The summed E-state index contributed by atoms with van der Waals surface area (Å²) in [4.78, 5) is 12.3. The molecule has 0 amide bonds. The maximum Gasteiger partial charge on any atom is 0.296 e. The monoisotopic (exact) mass is 400 g/mol. The van der Waals surface area contributed by atoms with Crippen LogP contribution in [0.2, 0.25) is 0 Å². The average molecular weight is 401 g/mol. The maximum absolute atomic E-state index is 12.1. The smallest absolute Gasteiger partial charge is 0.296 e. The van der Waals surface area contributed by atoms with Gasteiger partial charge in [0, 0.05) is 18.8 Å². The average Bonchev–Trinajstić information content (AvgIpc) is 2.69. The standard InChI is InChI=1S/C23H28O4S/c1-3-20(21-9-5-4-6-10-21)14-15-22(24)11-7-8-18-27-28(25,26)23-16-12-19(2)13-17-23/h3-6,9-10,12-13,16-17,20H,1,7-8,11,14-15,18H2,2H3/t20-/m1/s1. The number of allylic oxidation sites excluding steroid dienone is 1. The van der Waals surface area contributed by atoms with Crippen molar-refractivity contribution < 1.29 is 17.4 Å². The molecular formula is C23H28O4S. The first-order valence-electron chi connectivity index (χ1n) is 9.57. The summed E-state index contributed by atoms with van der Waals surface area (Å²) in [7, 11) is -3.73. The Labute approximate surface area is 168 Å². The van der Waals surface area contributed by atoms with Gasteiger partial charge in [-0.15, -0.1) is 6.58 Å². The van der Waals surface area contributed by atoms with Crippen molar-refractivity contribution in [3.8, 4) is 0 Å². The van der Waals surface area contributed by atoms with Crippen LogP contribution in [0.3, 0.4) is 0 Å². The van der Waals surface area contributed by atoms with Gasteiger partial charge >= 0.3 is 0 Å². The molecule has 0 aromatic heterocycles. The summed E-state index contributed by atoms with van der Waals surface area (Å²) >= 11 is 0. The molecule has 0 aliphatic heterocycles. The molecule has 0 radical (unpaired) electrons. The quantitative estimate of drug-likeness (QED) is 0.279. The highest BCUT2D eigenvalue weighted by Gasteiger charge is 2.15. The molecule has 5 heteroatoms. The SMILES string of the molecule is C=C[C@H](CCC(=O)CCCCOS(=O)(=O)c1ccc(C)cc1)c1ccccc1. The first kappa shape index (κ1) is 22.1. The second kappa shape index (κ2) is 10.9. The summed E-state index contributed by atoms with van der Waals surface area (Å²) in [6.45, 7) is 5.85. The van der Waals surface area contributed by atoms with Gasteiger partial charge in [0.05, 0.1) is 11.5 Å². The Balaban J connectivity index is 1.67. The van der Waals surface area contributed by atoms with E-state index in [0.29, 0.717) is 25.7 Å². The molecule has 150 valence electrons. The minimum atomic E-state index is -3.73. The Kier molecular flexibility index (Phi) is 8.61. The van der Waals surface area contributed by atoms with Crippen LogP contribution in [0.15, 0.2) is 72.1 Å². The highest BCUT2D eigenvalue weighted by molar-refractivity contribution is 7.86. The van der Waals surface area contributed by atoms with Crippen LogP contribution in [0.25, 0.3) is 0 Å². The zero-order valence-electron chi connectivity index (χ0n) is 16.3. The van der Waals surface area contributed by atoms with Gasteiger partial charge < -0.3 is 0 Å². The van der Waals surface area contributed by atoms with E-state index in [1.807, 2.05) is 43.3 Å². The van der Waals surface area contributed by atoms with E-state index in [4.69, 9.17) is 4.18 Å². The fourth-order valence-corrected chi connectivity index (χ4v) is 3.87. The van der Waals surface area contributed by atoms with Crippen LogP contribution in [-0.4, -0.2) is 20.8 Å². The summed E-state index contributed by atoms with van der Waals surface area (Å²) in [5.74, 6) is 0.359. The minimum Gasteiger partial charge on any atom is -0.300 e. The van der Waals surface area contributed by atoms with Gasteiger partial charge in [-0.1, -0.05) is 54.1 Å². The van der Waals surface area contributed by atoms with E-state index in [2.05, 4.69) is 6.58 Å². The van der Waals surface area contributed by atoms with Gasteiger partial charge in [-0.25, -0.2) is 0 Å². The molecule has 0 unspecified atom stereocenters. The van der Waals surface area contributed by atoms with Gasteiger partial charge in [0.2, 0.25) is 0 Å². The van der Waals surface area contributed by atoms with E-state index in [1.54, 1.807) is 12.1 Å². The molecule has 0 aliphatic carbocycles. The number of unbranched alkanes of at least 4 members (excludes halogenated alkanes) is 1. The number of aryl methyl sites for hydroxylation is 1. The lowest BCUT2D eigenvalue weighted by Crippen LogP contribution is -2.08. The Bertz CT molecular complexity index is 855. The summed E-state index contributed by atoms with van der Waals surface area (Å²) in [6.07, 6.45) is 4.70. The van der Waals surface area contributed by atoms with Crippen LogP contribution in [-0.2, 0) is 19.1 Å². The number of carbonyl (C=O) groups is 1. The van der Waals surface area contributed by atoms with Crippen LogP contribution in [0.4, 0.5) is 0 Å². The maximum atomic E-state index is 12.1. The molecule has 0 saturated carbocycles. The molecule has 0 aliphatic rings. The van der Waals surface area contributed by atoms with Crippen molar-refractivity contribution in [1.29, 1.82) is 0 Å². The van der Waals surface area contributed by atoms with Gasteiger partial charge in [0.25, 0.3) is 10.1 Å². The van der Waals surface area contributed by atoms with Crippen molar-refractivity contribution in [1.82, 2.24) is 0 Å². The fourth-order valence-electron chi connectivity index (χ4n) is 2.93. The molecule has 0 bridgehead atoms. The number of ketones is 1. The predicted molar refractivity (Wildman–Crippen MR) is 112 cm³/mol. The molecule has 2 aromatic rings.